The van der Waals surface area contributed by atoms with Crippen LogP contribution in [0, 0.1) is 11.8 Å². The van der Waals surface area contributed by atoms with E-state index in [1.807, 2.05) is 20.8 Å². The molecule has 0 unspecified atom stereocenters. The zero-order valence-corrected chi connectivity index (χ0v) is 11.6. The topological polar surface area (TPSA) is 58.6 Å². The minimum atomic E-state index is -0.439. The van der Waals surface area contributed by atoms with E-state index < -0.39 is 5.60 Å². The number of nitrogens with one attached hydrogen (secondary N) is 1. The molecule has 0 aromatic rings. The van der Waals surface area contributed by atoms with Gasteiger partial charge in [0, 0.05) is 6.04 Å². The third kappa shape index (κ3) is 3.61. The molecule has 2 aliphatic carbocycles. The van der Waals surface area contributed by atoms with Crippen molar-refractivity contribution in [1.82, 2.24) is 5.32 Å². The van der Waals surface area contributed by atoms with E-state index in [-0.39, 0.29) is 18.2 Å². The average molecular weight is 255 g/mol. The first-order chi connectivity index (χ1) is 8.33. The lowest BCUT2D eigenvalue weighted by atomic mass is 9.80. The third-order valence-electron chi connectivity index (χ3n) is 4.01. The monoisotopic (exact) mass is 255 g/mol. The van der Waals surface area contributed by atoms with E-state index in [1.165, 1.54) is 0 Å². The van der Waals surface area contributed by atoms with Gasteiger partial charge >= 0.3 is 6.09 Å². The number of rotatable bonds is 1. The van der Waals surface area contributed by atoms with Crippen molar-refractivity contribution in [2.24, 2.45) is 11.8 Å². The van der Waals surface area contributed by atoms with E-state index in [2.05, 4.69) is 5.32 Å². The summed E-state index contributed by atoms with van der Waals surface area (Å²) in [5, 5.41) is 12.6. The second-order valence-corrected chi connectivity index (χ2v) is 6.80. The third-order valence-corrected chi connectivity index (χ3v) is 4.01. The molecule has 2 saturated carbocycles. The van der Waals surface area contributed by atoms with Crippen molar-refractivity contribution < 1.29 is 14.6 Å². The minimum absolute atomic E-state index is 0.133. The highest BCUT2D eigenvalue weighted by atomic mass is 16.6. The summed E-state index contributed by atoms with van der Waals surface area (Å²) in [4.78, 5) is 11.7. The quantitative estimate of drug-likeness (QED) is 0.756. The Morgan fingerprint density at radius 1 is 1.17 bits per heavy atom. The molecule has 0 aliphatic heterocycles. The summed E-state index contributed by atoms with van der Waals surface area (Å²) < 4.78 is 5.27. The molecule has 18 heavy (non-hydrogen) atoms. The Hall–Kier alpha value is -0.770. The Kier molecular flexibility index (Phi) is 3.85. The van der Waals surface area contributed by atoms with E-state index in [9.17, 15) is 9.90 Å². The van der Waals surface area contributed by atoms with Crippen LogP contribution >= 0.6 is 0 Å². The van der Waals surface area contributed by atoms with Crippen molar-refractivity contribution in [3.8, 4) is 0 Å². The number of amides is 1. The van der Waals surface area contributed by atoms with Gasteiger partial charge in [-0.3, -0.25) is 0 Å². The van der Waals surface area contributed by atoms with Gasteiger partial charge in [0.25, 0.3) is 0 Å². The first-order valence-electron chi connectivity index (χ1n) is 7.01. The predicted molar refractivity (Wildman–Crippen MR) is 69.2 cm³/mol. The number of aliphatic hydroxyl groups excluding tert-OH is 1. The number of aliphatic hydroxyl groups is 1. The molecule has 0 radical (unpaired) electrons. The SMILES string of the molecule is CC(C)(C)OC(=O)N[C@@H]1C[C@H]2C[C@H](O)CC[C@H]2C1. The maximum Gasteiger partial charge on any atom is 0.407 e. The Labute approximate surface area is 109 Å². The Bertz CT molecular complexity index is 311. The van der Waals surface area contributed by atoms with Gasteiger partial charge in [-0.15, -0.1) is 0 Å². The summed E-state index contributed by atoms with van der Waals surface area (Å²) >= 11 is 0. The molecule has 2 rings (SSSR count). The molecule has 2 aliphatic rings. The van der Waals surface area contributed by atoms with Crippen molar-refractivity contribution >= 4 is 6.09 Å². The van der Waals surface area contributed by atoms with Gasteiger partial charge in [-0.05, 0) is 64.7 Å². The molecule has 2 N–H and O–H groups in total. The molecule has 4 atom stereocenters. The fraction of sp³-hybridized carbons (Fsp3) is 0.929. The number of carbonyl (C=O) groups is 1. The van der Waals surface area contributed by atoms with Crippen LogP contribution in [0.4, 0.5) is 4.79 Å². The molecule has 0 aromatic carbocycles. The maximum atomic E-state index is 11.7. The van der Waals surface area contributed by atoms with Crippen molar-refractivity contribution in [3.05, 3.63) is 0 Å². The van der Waals surface area contributed by atoms with Gasteiger partial charge in [0.1, 0.15) is 5.60 Å². The Morgan fingerprint density at radius 3 is 2.50 bits per heavy atom. The molecular formula is C14H25NO3. The summed E-state index contributed by atoms with van der Waals surface area (Å²) in [5.41, 5.74) is -0.439. The fourth-order valence-corrected chi connectivity index (χ4v) is 3.32. The lowest BCUT2D eigenvalue weighted by Gasteiger charge is -2.28. The molecule has 4 nitrogen and oxygen atoms in total. The normalized spacial score (nSPS) is 36.0. The number of alkyl carbamates (subject to hydrolysis) is 1. The van der Waals surface area contributed by atoms with E-state index in [0.29, 0.717) is 11.8 Å². The number of carbonyl (C=O) groups excluding carboxylic acids is 1. The summed E-state index contributed by atoms with van der Waals surface area (Å²) in [6, 6.07) is 0.222. The van der Waals surface area contributed by atoms with Gasteiger partial charge in [0.2, 0.25) is 0 Å². The molecular weight excluding hydrogens is 230 g/mol. The maximum absolute atomic E-state index is 11.7. The van der Waals surface area contributed by atoms with Gasteiger partial charge in [-0.2, -0.15) is 0 Å². The van der Waals surface area contributed by atoms with Crippen LogP contribution in [0.1, 0.15) is 52.9 Å². The number of fused-ring (bicyclic) bond motifs is 1. The predicted octanol–water partition coefficient (Wildman–Crippen LogP) is 2.45. The van der Waals surface area contributed by atoms with Gasteiger partial charge in [0.15, 0.2) is 0 Å². The van der Waals surface area contributed by atoms with E-state index in [4.69, 9.17) is 4.74 Å². The molecule has 0 spiro atoms. The van der Waals surface area contributed by atoms with Gasteiger partial charge < -0.3 is 15.2 Å². The van der Waals surface area contributed by atoms with Crippen LogP contribution in [0.15, 0.2) is 0 Å². The highest BCUT2D eigenvalue weighted by Gasteiger charge is 2.39. The van der Waals surface area contributed by atoms with Crippen molar-refractivity contribution in [3.63, 3.8) is 0 Å². The first-order valence-corrected chi connectivity index (χ1v) is 7.01. The van der Waals surface area contributed by atoms with Crippen LogP contribution in [0.5, 0.6) is 0 Å². The first kappa shape index (κ1) is 13.7. The molecule has 0 heterocycles. The second-order valence-electron chi connectivity index (χ2n) is 6.80. The number of hydrogen-bond donors (Lipinski definition) is 2. The van der Waals surface area contributed by atoms with Crippen LogP contribution < -0.4 is 5.32 Å². The number of ether oxygens (including phenoxy) is 1. The molecule has 0 saturated heterocycles. The van der Waals surface area contributed by atoms with E-state index in [1.54, 1.807) is 0 Å². The molecule has 1 amide bonds. The lowest BCUT2D eigenvalue weighted by Crippen LogP contribution is -2.38. The van der Waals surface area contributed by atoms with Crippen molar-refractivity contribution in [2.75, 3.05) is 0 Å². The van der Waals surface area contributed by atoms with Crippen molar-refractivity contribution in [2.45, 2.75) is 70.6 Å². The van der Waals surface area contributed by atoms with E-state index in [0.717, 1.165) is 32.1 Å². The van der Waals surface area contributed by atoms with Crippen LogP contribution in [0.2, 0.25) is 0 Å². The number of hydrogen-bond acceptors (Lipinski definition) is 3. The average Bonchev–Trinajstić information content (AvgIpc) is 2.55. The van der Waals surface area contributed by atoms with Crippen LogP contribution in [-0.4, -0.2) is 28.9 Å². The largest absolute Gasteiger partial charge is 0.444 e. The summed E-state index contributed by atoms with van der Waals surface area (Å²) in [5.74, 6) is 1.25. The lowest BCUT2D eigenvalue weighted by molar-refractivity contribution is 0.0504. The van der Waals surface area contributed by atoms with Crippen LogP contribution in [0.3, 0.4) is 0 Å². The highest BCUT2D eigenvalue weighted by molar-refractivity contribution is 5.68. The molecule has 0 aromatic heterocycles. The Balaban J connectivity index is 1.80. The summed E-state index contributed by atoms with van der Waals surface area (Å²) in [6.45, 7) is 5.62. The Morgan fingerprint density at radius 2 is 1.83 bits per heavy atom. The van der Waals surface area contributed by atoms with Gasteiger partial charge in [-0.25, -0.2) is 4.79 Å². The molecule has 0 bridgehead atoms. The van der Waals surface area contributed by atoms with Crippen molar-refractivity contribution in [1.29, 1.82) is 0 Å². The van der Waals surface area contributed by atoms with Crippen LogP contribution in [0.25, 0.3) is 0 Å². The van der Waals surface area contributed by atoms with Crippen LogP contribution in [-0.2, 0) is 4.74 Å². The summed E-state index contributed by atoms with van der Waals surface area (Å²) in [7, 11) is 0. The standard InChI is InChI=1S/C14H25NO3/c1-14(2,3)18-13(17)15-11-6-9-4-5-12(16)8-10(9)7-11/h9-12,16H,4-8H2,1-3H3,(H,15,17)/t9-,10-,11-,12+/m0/s1. The molecule has 104 valence electrons. The summed E-state index contributed by atoms with van der Waals surface area (Å²) in [6.07, 6.45) is 4.49. The zero-order chi connectivity index (χ0) is 13.3. The van der Waals surface area contributed by atoms with Gasteiger partial charge in [0.05, 0.1) is 6.10 Å². The van der Waals surface area contributed by atoms with E-state index >= 15 is 0 Å². The van der Waals surface area contributed by atoms with Gasteiger partial charge in [-0.1, -0.05) is 0 Å². The molecule has 2 fully saturated rings. The minimum Gasteiger partial charge on any atom is -0.444 e. The fourth-order valence-electron chi connectivity index (χ4n) is 3.32. The molecule has 4 heteroatoms. The second kappa shape index (κ2) is 5.08. The zero-order valence-electron chi connectivity index (χ0n) is 11.6. The highest BCUT2D eigenvalue weighted by Crippen LogP contribution is 2.42. The smallest absolute Gasteiger partial charge is 0.407 e.